The Morgan fingerprint density at radius 2 is 1.87 bits per heavy atom. The van der Waals surface area contributed by atoms with Gasteiger partial charge in [0, 0.05) is 18.5 Å². The molecule has 23 heavy (non-hydrogen) atoms. The van der Waals surface area contributed by atoms with E-state index in [1.54, 1.807) is 31.2 Å². The minimum atomic E-state index is -0.226. The fraction of sp³-hybridized carbons (Fsp3) is 0.118. The third-order valence-corrected chi connectivity index (χ3v) is 3.69. The van der Waals surface area contributed by atoms with Crippen molar-refractivity contribution >= 4 is 17.5 Å². The number of amides is 1. The molecule has 0 aliphatic heterocycles. The van der Waals surface area contributed by atoms with Gasteiger partial charge in [-0.2, -0.15) is 0 Å². The third-order valence-electron chi connectivity index (χ3n) is 3.33. The minimum absolute atomic E-state index is 0.226. The molecule has 1 N–H and O–H groups in total. The molecule has 1 amide bonds. The number of carbonyl (C=O) groups excluding carboxylic acids is 1. The highest BCUT2D eigenvalue weighted by molar-refractivity contribution is 6.31. The molecular weight excluding hydrogens is 314 g/mol. The van der Waals surface area contributed by atoms with Crippen molar-refractivity contribution in [2.24, 2.45) is 0 Å². The average molecular weight is 328 g/mol. The first kappa shape index (κ1) is 15.2. The van der Waals surface area contributed by atoms with Crippen LogP contribution in [0.1, 0.15) is 21.8 Å². The number of nitrogens with zero attached hydrogens (tertiary/aromatic N) is 2. The maximum atomic E-state index is 12.5. The van der Waals surface area contributed by atoms with Crippen molar-refractivity contribution in [1.82, 2.24) is 15.5 Å². The van der Waals surface area contributed by atoms with E-state index in [1.807, 2.05) is 24.3 Å². The number of aromatic nitrogens is 2. The second-order valence-corrected chi connectivity index (χ2v) is 5.35. The lowest BCUT2D eigenvalue weighted by Crippen LogP contribution is -2.23. The Bertz CT molecular complexity index is 845. The highest BCUT2D eigenvalue weighted by Gasteiger charge is 2.16. The van der Waals surface area contributed by atoms with Gasteiger partial charge in [0.1, 0.15) is 0 Å². The van der Waals surface area contributed by atoms with Crippen molar-refractivity contribution in [1.29, 1.82) is 0 Å². The van der Waals surface area contributed by atoms with Crippen LogP contribution in [0.2, 0.25) is 5.02 Å². The molecule has 1 aromatic heterocycles. The van der Waals surface area contributed by atoms with Crippen LogP contribution >= 0.6 is 11.6 Å². The summed E-state index contributed by atoms with van der Waals surface area (Å²) in [7, 11) is 0. The van der Waals surface area contributed by atoms with Gasteiger partial charge in [0.15, 0.2) is 0 Å². The van der Waals surface area contributed by atoms with E-state index in [9.17, 15) is 4.79 Å². The van der Waals surface area contributed by atoms with Gasteiger partial charge in [0.25, 0.3) is 5.91 Å². The Labute approximate surface area is 138 Å². The maximum Gasteiger partial charge on any atom is 0.252 e. The van der Waals surface area contributed by atoms with E-state index in [4.69, 9.17) is 16.0 Å². The van der Waals surface area contributed by atoms with E-state index in [1.165, 1.54) is 0 Å². The number of benzene rings is 2. The lowest BCUT2D eigenvalue weighted by Gasteiger charge is -2.09. The van der Waals surface area contributed by atoms with Crippen LogP contribution in [0.25, 0.3) is 11.5 Å². The predicted octanol–water partition coefficient (Wildman–Crippen LogP) is 3.63. The van der Waals surface area contributed by atoms with Crippen molar-refractivity contribution in [3.63, 3.8) is 0 Å². The Kier molecular flexibility index (Phi) is 4.39. The van der Waals surface area contributed by atoms with Crippen LogP contribution in [0.15, 0.2) is 52.9 Å². The zero-order valence-corrected chi connectivity index (χ0v) is 13.2. The third kappa shape index (κ3) is 3.40. The van der Waals surface area contributed by atoms with Crippen LogP contribution < -0.4 is 5.32 Å². The van der Waals surface area contributed by atoms with Gasteiger partial charge in [-0.1, -0.05) is 41.9 Å². The summed E-state index contributed by atoms with van der Waals surface area (Å²) in [6.07, 6.45) is 0. The second kappa shape index (κ2) is 6.62. The molecule has 0 fully saturated rings. The molecule has 0 saturated carbocycles. The number of rotatable bonds is 4. The zero-order chi connectivity index (χ0) is 16.2. The fourth-order valence-corrected chi connectivity index (χ4v) is 2.39. The Hall–Kier alpha value is -2.66. The van der Waals surface area contributed by atoms with Crippen LogP contribution in [0.4, 0.5) is 0 Å². The second-order valence-electron chi connectivity index (χ2n) is 4.95. The molecule has 1 heterocycles. The quantitative estimate of drug-likeness (QED) is 0.794. The smallest absolute Gasteiger partial charge is 0.252 e. The molecule has 0 atom stereocenters. The van der Waals surface area contributed by atoms with Gasteiger partial charge in [-0.3, -0.25) is 4.79 Å². The van der Waals surface area contributed by atoms with E-state index in [0.717, 1.165) is 5.56 Å². The van der Waals surface area contributed by atoms with Crippen molar-refractivity contribution in [3.8, 4) is 11.5 Å². The standard InChI is InChI=1S/C17H14ClN3O2/c1-11-20-21-17(23-11)14-8-4-3-7-13(14)16(22)19-10-12-6-2-5-9-15(12)18/h2-9H,10H2,1H3,(H,19,22). The highest BCUT2D eigenvalue weighted by atomic mass is 35.5. The fourth-order valence-electron chi connectivity index (χ4n) is 2.19. The van der Waals surface area contributed by atoms with Crippen LogP contribution in [0, 0.1) is 6.92 Å². The molecule has 2 aromatic carbocycles. The topological polar surface area (TPSA) is 68.0 Å². The summed E-state index contributed by atoms with van der Waals surface area (Å²) in [5.41, 5.74) is 1.93. The molecule has 116 valence electrons. The number of hydrogen-bond acceptors (Lipinski definition) is 4. The average Bonchev–Trinajstić information content (AvgIpc) is 3.00. The van der Waals surface area contributed by atoms with E-state index < -0.39 is 0 Å². The molecule has 5 nitrogen and oxygen atoms in total. The molecule has 0 aliphatic carbocycles. The summed E-state index contributed by atoms with van der Waals surface area (Å²) in [5.74, 6) is 0.550. The van der Waals surface area contributed by atoms with E-state index in [0.29, 0.717) is 34.5 Å². The van der Waals surface area contributed by atoms with Crippen molar-refractivity contribution in [2.45, 2.75) is 13.5 Å². The van der Waals surface area contributed by atoms with Gasteiger partial charge in [0.05, 0.1) is 11.1 Å². The molecule has 6 heteroatoms. The van der Waals surface area contributed by atoms with Gasteiger partial charge < -0.3 is 9.73 Å². The molecule has 0 radical (unpaired) electrons. The van der Waals surface area contributed by atoms with E-state index >= 15 is 0 Å². The monoisotopic (exact) mass is 327 g/mol. The van der Waals surface area contributed by atoms with Gasteiger partial charge in [-0.05, 0) is 23.8 Å². The lowest BCUT2D eigenvalue weighted by molar-refractivity contribution is 0.0951. The molecule has 0 bridgehead atoms. The van der Waals surface area contributed by atoms with E-state index in [-0.39, 0.29) is 5.91 Å². The summed E-state index contributed by atoms with van der Waals surface area (Å²) < 4.78 is 5.42. The van der Waals surface area contributed by atoms with Crippen molar-refractivity contribution in [3.05, 3.63) is 70.6 Å². The number of carbonyl (C=O) groups is 1. The van der Waals surface area contributed by atoms with Crippen molar-refractivity contribution in [2.75, 3.05) is 0 Å². The normalized spacial score (nSPS) is 10.5. The Morgan fingerprint density at radius 1 is 1.13 bits per heavy atom. The summed E-state index contributed by atoms with van der Waals surface area (Å²) in [5, 5.41) is 11.3. The summed E-state index contributed by atoms with van der Waals surface area (Å²) in [6.45, 7) is 2.05. The molecule has 0 spiro atoms. The SMILES string of the molecule is Cc1nnc(-c2ccccc2C(=O)NCc2ccccc2Cl)o1. The van der Waals surface area contributed by atoms with Crippen LogP contribution in [0.3, 0.4) is 0 Å². The first-order valence-corrected chi connectivity index (χ1v) is 7.44. The maximum absolute atomic E-state index is 12.5. The van der Waals surface area contributed by atoms with Gasteiger partial charge >= 0.3 is 0 Å². The summed E-state index contributed by atoms with van der Waals surface area (Å²) >= 11 is 6.10. The van der Waals surface area contributed by atoms with Gasteiger partial charge in [-0.25, -0.2) is 0 Å². The first-order valence-electron chi connectivity index (χ1n) is 7.06. The highest BCUT2D eigenvalue weighted by Crippen LogP contribution is 2.22. The Morgan fingerprint density at radius 3 is 2.61 bits per heavy atom. The number of aryl methyl sites for hydroxylation is 1. The lowest BCUT2D eigenvalue weighted by atomic mass is 10.1. The largest absolute Gasteiger partial charge is 0.421 e. The predicted molar refractivity (Wildman–Crippen MR) is 87.1 cm³/mol. The summed E-state index contributed by atoms with van der Waals surface area (Å²) in [4.78, 5) is 12.5. The van der Waals surface area contributed by atoms with Crippen molar-refractivity contribution < 1.29 is 9.21 Å². The molecule has 0 saturated heterocycles. The molecule has 0 unspecified atom stereocenters. The summed E-state index contributed by atoms with van der Waals surface area (Å²) in [6, 6.07) is 14.5. The number of nitrogens with one attached hydrogen (secondary N) is 1. The van der Waals surface area contributed by atoms with Crippen LogP contribution in [0.5, 0.6) is 0 Å². The number of hydrogen-bond donors (Lipinski definition) is 1. The number of halogens is 1. The molecule has 3 aromatic rings. The zero-order valence-electron chi connectivity index (χ0n) is 12.4. The molecular formula is C17H14ClN3O2. The Balaban J connectivity index is 1.82. The van der Waals surface area contributed by atoms with E-state index in [2.05, 4.69) is 15.5 Å². The van der Waals surface area contributed by atoms with Gasteiger partial charge in [0.2, 0.25) is 11.8 Å². The first-order chi connectivity index (χ1) is 11.1. The molecule has 0 aliphatic rings. The van der Waals surface area contributed by atoms with Gasteiger partial charge in [-0.15, -0.1) is 10.2 Å². The molecule has 3 rings (SSSR count). The van der Waals surface area contributed by atoms with Crippen LogP contribution in [-0.2, 0) is 6.54 Å². The van der Waals surface area contributed by atoms with Crippen LogP contribution in [-0.4, -0.2) is 16.1 Å². The minimum Gasteiger partial charge on any atom is -0.421 e.